The zero-order valence-electron chi connectivity index (χ0n) is 18.2. The normalized spacial score (nSPS) is 11.6. The Morgan fingerprint density at radius 2 is 1.93 bits per heavy atom. The van der Waals surface area contributed by atoms with Gasteiger partial charge in [-0.3, -0.25) is 5.32 Å². The van der Waals surface area contributed by atoms with Gasteiger partial charge in [-0.05, 0) is 70.4 Å². The summed E-state index contributed by atoms with van der Waals surface area (Å²) in [6.07, 6.45) is 0.188. The Kier molecular flexibility index (Phi) is 5.55. The Bertz CT molecular complexity index is 1060. The fraction of sp³-hybridized carbons (Fsp3) is 0.391. The lowest BCUT2D eigenvalue weighted by molar-refractivity contribution is 0.0636. The maximum absolute atomic E-state index is 12.4. The summed E-state index contributed by atoms with van der Waals surface area (Å²) in [5, 5.41) is 7.68. The second-order valence-electron chi connectivity index (χ2n) is 8.17. The molecule has 6 nitrogen and oxygen atoms in total. The first-order valence-electron chi connectivity index (χ1n) is 9.80. The van der Waals surface area contributed by atoms with Gasteiger partial charge in [-0.25, -0.2) is 9.31 Å². The molecular formula is C23H29N3O3. The predicted molar refractivity (Wildman–Crippen MR) is 116 cm³/mol. The van der Waals surface area contributed by atoms with E-state index in [1.165, 1.54) is 0 Å². The minimum Gasteiger partial charge on any atom is -0.496 e. The van der Waals surface area contributed by atoms with Crippen LogP contribution >= 0.6 is 0 Å². The average molecular weight is 396 g/mol. The van der Waals surface area contributed by atoms with E-state index < -0.39 is 11.7 Å². The Balaban J connectivity index is 2.17. The molecule has 1 aromatic carbocycles. The van der Waals surface area contributed by atoms with Crippen LogP contribution in [-0.2, 0) is 11.2 Å². The molecule has 3 aromatic rings. The number of fused-ring (bicyclic) bond motifs is 1. The lowest BCUT2D eigenvalue weighted by atomic mass is 10.0. The zero-order valence-corrected chi connectivity index (χ0v) is 18.2. The molecule has 154 valence electrons. The number of hydrogen-bond donors (Lipinski definition) is 1. The van der Waals surface area contributed by atoms with Crippen molar-refractivity contribution in [2.45, 2.75) is 53.6 Å². The molecule has 0 bridgehead atoms. The number of pyridine rings is 1. The van der Waals surface area contributed by atoms with Gasteiger partial charge in [0.1, 0.15) is 11.4 Å². The number of carbonyl (C=O) groups is 1. The Hall–Kier alpha value is -3.02. The Labute approximate surface area is 171 Å². The standard InChI is InChI=1S/C23H29N3O3/c1-8-16-21(24-22(27)29-23(4,5)6)18-11-9-10-17(26(18)25-16)20-15(3)12-14(2)13-19(20)28-7/h9-13H,8H2,1-7H3,(H,24,27). The summed E-state index contributed by atoms with van der Waals surface area (Å²) in [6, 6.07) is 10.1. The van der Waals surface area contributed by atoms with E-state index in [2.05, 4.69) is 18.3 Å². The number of hydrogen-bond acceptors (Lipinski definition) is 4. The van der Waals surface area contributed by atoms with Crippen molar-refractivity contribution in [1.29, 1.82) is 0 Å². The molecule has 0 spiro atoms. The minimum absolute atomic E-state index is 0.489. The van der Waals surface area contributed by atoms with Gasteiger partial charge in [0, 0.05) is 5.56 Å². The highest BCUT2D eigenvalue weighted by Gasteiger charge is 2.22. The second kappa shape index (κ2) is 7.78. The summed E-state index contributed by atoms with van der Waals surface area (Å²) in [4.78, 5) is 12.4. The number of rotatable bonds is 4. The molecule has 0 fully saturated rings. The van der Waals surface area contributed by atoms with Gasteiger partial charge in [-0.1, -0.05) is 19.1 Å². The zero-order chi connectivity index (χ0) is 21.3. The van der Waals surface area contributed by atoms with Gasteiger partial charge in [-0.15, -0.1) is 0 Å². The third kappa shape index (κ3) is 4.21. The molecule has 0 aliphatic rings. The molecule has 0 atom stereocenters. The van der Waals surface area contributed by atoms with Crippen molar-refractivity contribution < 1.29 is 14.3 Å². The molecule has 0 unspecified atom stereocenters. The van der Waals surface area contributed by atoms with E-state index in [-0.39, 0.29) is 0 Å². The van der Waals surface area contributed by atoms with Crippen LogP contribution in [0, 0.1) is 13.8 Å². The van der Waals surface area contributed by atoms with E-state index >= 15 is 0 Å². The quantitative estimate of drug-likeness (QED) is 0.630. The van der Waals surface area contributed by atoms with Crippen molar-refractivity contribution >= 4 is 17.3 Å². The van der Waals surface area contributed by atoms with E-state index in [0.717, 1.165) is 39.3 Å². The highest BCUT2D eigenvalue weighted by molar-refractivity contribution is 5.93. The first-order chi connectivity index (χ1) is 13.6. The number of aromatic nitrogens is 2. The summed E-state index contributed by atoms with van der Waals surface area (Å²) in [5.41, 5.74) is 5.84. The smallest absolute Gasteiger partial charge is 0.412 e. The van der Waals surface area contributed by atoms with Crippen LogP contribution in [0.5, 0.6) is 5.75 Å². The molecule has 3 rings (SSSR count). The third-order valence-electron chi connectivity index (χ3n) is 4.61. The highest BCUT2D eigenvalue weighted by atomic mass is 16.6. The van der Waals surface area contributed by atoms with Gasteiger partial charge < -0.3 is 9.47 Å². The fourth-order valence-corrected chi connectivity index (χ4v) is 3.51. The SMILES string of the molecule is CCc1nn2c(-c3c(C)cc(C)cc3OC)cccc2c1NC(=O)OC(C)(C)C. The topological polar surface area (TPSA) is 64.9 Å². The number of amides is 1. The van der Waals surface area contributed by atoms with Gasteiger partial charge in [-0.2, -0.15) is 5.10 Å². The number of methoxy groups -OCH3 is 1. The molecule has 0 aliphatic heterocycles. The number of aryl methyl sites for hydroxylation is 3. The molecule has 1 N–H and O–H groups in total. The number of ether oxygens (including phenoxy) is 2. The predicted octanol–water partition coefficient (Wildman–Crippen LogP) is 5.54. The molecule has 2 heterocycles. The molecule has 0 radical (unpaired) electrons. The van der Waals surface area contributed by atoms with E-state index in [1.54, 1.807) is 7.11 Å². The maximum atomic E-state index is 12.4. The Morgan fingerprint density at radius 3 is 2.55 bits per heavy atom. The van der Waals surface area contributed by atoms with Crippen LogP contribution in [0.3, 0.4) is 0 Å². The first kappa shape index (κ1) is 20.7. The number of benzene rings is 1. The largest absolute Gasteiger partial charge is 0.496 e. The summed E-state index contributed by atoms with van der Waals surface area (Å²) in [6.45, 7) is 11.6. The summed E-state index contributed by atoms with van der Waals surface area (Å²) in [7, 11) is 1.67. The summed E-state index contributed by atoms with van der Waals surface area (Å²) >= 11 is 0. The van der Waals surface area contributed by atoms with Crippen LogP contribution < -0.4 is 10.1 Å². The maximum Gasteiger partial charge on any atom is 0.412 e. The number of anilines is 1. The minimum atomic E-state index is -0.572. The first-order valence-corrected chi connectivity index (χ1v) is 9.80. The average Bonchev–Trinajstić information content (AvgIpc) is 2.97. The van der Waals surface area contributed by atoms with Crippen LogP contribution in [0.2, 0.25) is 0 Å². The van der Waals surface area contributed by atoms with Crippen molar-refractivity contribution in [1.82, 2.24) is 9.61 Å². The second-order valence-corrected chi connectivity index (χ2v) is 8.17. The summed E-state index contributed by atoms with van der Waals surface area (Å²) in [5.74, 6) is 0.796. The lowest BCUT2D eigenvalue weighted by Crippen LogP contribution is -2.27. The van der Waals surface area contributed by atoms with Gasteiger partial charge >= 0.3 is 6.09 Å². The molecule has 6 heteroatoms. The van der Waals surface area contributed by atoms with Crippen molar-refractivity contribution in [3.05, 3.63) is 47.2 Å². The van der Waals surface area contributed by atoms with Crippen LogP contribution in [0.15, 0.2) is 30.3 Å². The van der Waals surface area contributed by atoms with Gasteiger partial charge in [0.15, 0.2) is 0 Å². The Morgan fingerprint density at radius 1 is 1.21 bits per heavy atom. The molecular weight excluding hydrogens is 366 g/mol. The number of nitrogens with zero attached hydrogens (tertiary/aromatic N) is 2. The van der Waals surface area contributed by atoms with Crippen molar-refractivity contribution in [2.24, 2.45) is 0 Å². The van der Waals surface area contributed by atoms with E-state index in [0.29, 0.717) is 12.1 Å². The lowest BCUT2D eigenvalue weighted by Gasteiger charge is -2.19. The van der Waals surface area contributed by atoms with E-state index in [1.807, 2.05) is 63.4 Å². The van der Waals surface area contributed by atoms with E-state index in [9.17, 15) is 4.79 Å². The van der Waals surface area contributed by atoms with Gasteiger partial charge in [0.05, 0.1) is 29.7 Å². The summed E-state index contributed by atoms with van der Waals surface area (Å²) < 4.78 is 13.0. The highest BCUT2D eigenvalue weighted by Crippen LogP contribution is 2.36. The molecule has 29 heavy (non-hydrogen) atoms. The third-order valence-corrected chi connectivity index (χ3v) is 4.61. The van der Waals surface area contributed by atoms with Crippen LogP contribution in [0.25, 0.3) is 16.8 Å². The molecule has 0 aliphatic carbocycles. The fourth-order valence-electron chi connectivity index (χ4n) is 3.51. The molecule has 2 aromatic heterocycles. The molecule has 0 saturated carbocycles. The van der Waals surface area contributed by atoms with Crippen LogP contribution in [-0.4, -0.2) is 28.4 Å². The molecule has 1 amide bonds. The van der Waals surface area contributed by atoms with Crippen molar-refractivity contribution in [3.8, 4) is 17.0 Å². The number of nitrogens with one attached hydrogen (secondary N) is 1. The van der Waals surface area contributed by atoms with Crippen molar-refractivity contribution in [2.75, 3.05) is 12.4 Å². The number of carbonyl (C=O) groups excluding carboxylic acids is 1. The molecule has 0 saturated heterocycles. The van der Waals surface area contributed by atoms with Crippen LogP contribution in [0.4, 0.5) is 10.5 Å². The van der Waals surface area contributed by atoms with Gasteiger partial charge in [0.25, 0.3) is 0 Å². The van der Waals surface area contributed by atoms with Crippen molar-refractivity contribution in [3.63, 3.8) is 0 Å². The van der Waals surface area contributed by atoms with Crippen LogP contribution in [0.1, 0.15) is 44.5 Å². The van der Waals surface area contributed by atoms with E-state index in [4.69, 9.17) is 14.6 Å². The monoisotopic (exact) mass is 395 g/mol. The van der Waals surface area contributed by atoms with Gasteiger partial charge in [0.2, 0.25) is 0 Å².